The molecule has 1 rings (SSSR count). The molecule has 102 valence electrons. The van der Waals surface area contributed by atoms with Crippen molar-refractivity contribution in [1.82, 2.24) is 9.88 Å². The summed E-state index contributed by atoms with van der Waals surface area (Å²) >= 11 is 0. The van der Waals surface area contributed by atoms with E-state index in [2.05, 4.69) is 29.0 Å². The number of nitrogens with zero attached hydrogens (tertiary/aromatic N) is 2. The Morgan fingerprint density at radius 1 is 1.33 bits per heavy atom. The number of pyridine rings is 1. The number of alkyl halides is 3. The molecule has 1 aromatic heterocycles. The molecule has 0 unspecified atom stereocenters. The first-order valence-electron chi connectivity index (χ1n) is 5.78. The van der Waals surface area contributed by atoms with Gasteiger partial charge in [0.25, 0.3) is 0 Å². The molecule has 0 amide bonds. The van der Waals surface area contributed by atoms with Crippen LogP contribution in [0.25, 0.3) is 0 Å². The molecule has 1 heterocycles. The first-order valence-corrected chi connectivity index (χ1v) is 5.78. The summed E-state index contributed by atoms with van der Waals surface area (Å²) in [6.07, 6.45) is -3.49. The van der Waals surface area contributed by atoms with Crippen molar-refractivity contribution >= 4 is 5.82 Å². The van der Waals surface area contributed by atoms with Crippen LogP contribution in [-0.4, -0.2) is 36.1 Å². The van der Waals surface area contributed by atoms with Crippen LogP contribution in [0.4, 0.5) is 19.0 Å². The Morgan fingerprint density at radius 2 is 2.00 bits per heavy atom. The van der Waals surface area contributed by atoms with Crippen molar-refractivity contribution in [3.05, 3.63) is 23.9 Å². The highest BCUT2D eigenvalue weighted by Gasteiger charge is 2.30. The summed E-state index contributed by atoms with van der Waals surface area (Å²) in [6.45, 7) is 5.61. The zero-order valence-electron chi connectivity index (χ0n) is 10.8. The predicted molar refractivity (Wildman–Crippen MR) is 65.5 cm³/mol. The lowest BCUT2D eigenvalue weighted by Gasteiger charge is -2.21. The molecule has 0 aliphatic carbocycles. The summed E-state index contributed by atoms with van der Waals surface area (Å²) < 4.78 is 36.9. The number of hydrogen-bond acceptors (Lipinski definition) is 3. The maximum Gasteiger partial charge on any atom is 0.417 e. The lowest BCUT2D eigenvalue weighted by atomic mass is 10.3. The summed E-state index contributed by atoms with van der Waals surface area (Å²) in [4.78, 5) is 5.87. The van der Waals surface area contributed by atoms with Crippen LogP contribution in [-0.2, 0) is 6.18 Å². The fraction of sp³-hybridized carbons (Fsp3) is 0.583. The maximum atomic E-state index is 12.3. The quantitative estimate of drug-likeness (QED) is 0.883. The topological polar surface area (TPSA) is 28.2 Å². The molecule has 0 aliphatic heterocycles. The van der Waals surface area contributed by atoms with Crippen LogP contribution in [0.2, 0.25) is 0 Å². The highest BCUT2D eigenvalue weighted by atomic mass is 19.4. The Hall–Kier alpha value is -1.30. The van der Waals surface area contributed by atoms with Gasteiger partial charge >= 0.3 is 6.18 Å². The number of nitrogens with one attached hydrogen (secondary N) is 1. The summed E-state index contributed by atoms with van der Waals surface area (Å²) in [5.74, 6) is 0.458. The van der Waals surface area contributed by atoms with Gasteiger partial charge in [-0.15, -0.1) is 0 Å². The van der Waals surface area contributed by atoms with Gasteiger partial charge in [-0.05, 0) is 33.0 Å². The molecule has 0 aliphatic rings. The Morgan fingerprint density at radius 3 is 2.44 bits per heavy atom. The molecule has 0 spiro atoms. The van der Waals surface area contributed by atoms with Crippen LogP contribution in [0.15, 0.2) is 18.3 Å². The zero-order valence-corrected chi connectivity index (χ0v) is 10.8. The monoisotopic (exact) mass is 261 g/mol. The van der Waals surface area contributed by atoms with Gasteiger partial charge < -0.3 is 10.2 Å². The second kappa shape index (κ2) is 6.04. The Kier molecular flexibility index (Phi) is 4.95. The molecule has 0 saturated carbocycles. The minimum atomic E-state index is -4.33. The summed E-state index contributed by atoms with van der Waals surface area (Å²) in [7, 11) is 1.99. The normalized spacial score (nSPS) is 12.2. The summed E-state index contributed by atoms with van der Waals surface area (Å²) in [6, 6.07) is 2.81. The second-order valence-corrected chi connectivity index (χ2v) is 4.43. The number of rotatable bonds is 5. The zero-order chi connectivity index (χ0) is 13.8. The van der Waals surface area contributed by atoms with Gasteiger partial charge in [-0.3, -0.25) is 0 Å². The fourth-order valence-electron chi connectivity index (χ4n) is 1.28. The predicted octanol–water partition coefficient (Wildman–Crippen LogP) is 2.85. The van der Waals surface area contributed by atoms with Gasteiger partial charge in [-0.25, -0.2) is 4.98 Å². The lowest BCUT2D eigenvalue weighted by Crippen LogP contribution is -2.31. The number of aromatic nitrogens is 1. The molecule has 18 heavy (non-hydrogen) atoms. The highest BCUT2D eigenvalue weighted by molar-refractivity contribution is 5.36. The van der Waals surface area contributed by atoms with Crippen LogP contribution in [0.5, 0.6) is 0 Å². The van der Waals surface area contributed by atoms with Gasteiger partial charge in [0.1, 0.15) is 5.82 Å². The smallest absolute Gasteiger partial charge is 0.369 e. The van der Waals surface area contributed by atoms with Crippen LogP contribution >= 0.6 is 0 Å². The van der Waals surface area contributed by atoms with Crippen molar-refractivity contribution in [3.63, 3.8) is 0 Å². The SMILES string of the molecule is CC(C)N(C)CCNc1ccc(C(F)(F)F)cn1. The van der Waals surface area contributed by atoms with Crippen molar-refractivity contribution in [3.8, 4) is 0 Å². The molecule has 0 aromatic carbocycles. The van der Waals surface area contributed by atoms with E-state index in [4.69, 9.17) is 0 Å². The van der Waals surface area contributed by atoms with E-state index in [1.807, 2.05) is 7.05 Å². The van der Waals surface area contributed by atoms with E-state index in [1.165, 1.54) is 6.07 Å². The second-order valence-electron chi connectivity index (χ2n) is 4.43. The third-order valence-corrected chi connectivity index (χ3v) is 2.74. The van der Waals surface area contributed by atoms with E-state index in [0.29, 0.717) is 18.4 Å². The van der Waals surface area contributed by atoms with Crippen molar-refractivity contribution in [2.75, 3.05) is 25.5 Å². The van der Waals surface area contributed by atoms with E-state index < -0.39 is 11.7 Å². The average molecular weight is 261 g/mol. The third kappa shape index (κ3) is 4.52. The van der Waals surface area contributed by atoms with E-state index in [-0.39, 0.29) is 0 Å². The van der Waals surface area contributed by atoms with Crippen LogP contribution in [0.1, 0.15) is 19.4 Å². The Bertz CT molecular complexity index is 360. The molecule has 0 saturated heterocycles. The van der Waals surface area contributed by atoms with Gasteiger partial charge in [0.15, 0.2) is 0 Å². The van der Waals surface area contributed by atoms with Gasteiger partial charge in [0.05, 0.1) is 5.56 Å². The molecule has 0 atom stereocenters. The average Bonchev–Trinajstić information content (AvgIpc) is 2.28. The molecular formula is C12H18F3N3. The molecule has 0 fully saturated rings. The number of likely N-dealkylation sites (N-methyl/N-ethyl adjacent to an activating group) is 1. The minimum Gasteiger partial charge on any atom is -0.369 e. The molecule has 3 nitrogen and oxygen atoms in total. The Labute approximate surface area is 105 Å². The molecule has 1 aromatic rings. The van der Waals surface area contributed by atoms with Crippen molar-refractivity contribution in [1.29, 1.82) is 0 Å². The van der Waals surface area contributed by atoms with Gasteiger partial charge in [-0.1, -0.05) is 0 Å². The summed E-state index contributed by atoms with van der Waals surface area (Å²) in [5.41, 5.74) is -0.729. The maximum absolute atomic E-state index is 12.3. The summed E-state index contributed by atoms with van der Waals surface area (Å²) in [5, 5.41) is 2.99. The molecule has 1 N–H and O–H groups in total. The molecule has 0 radical (unpaired) electrons. The molecule has 6 heteroatoms. The van der Waals surface area contributed by atoms with Gasteiger partial charge in [0.2, 0.25) is 0 Å². The standard InChI is InChI=1S/C12H18F3N3/c1-9(2)18(3)7-6-16-11-5-4-10(8-17-11)12(13,14)15/h4-5,8-9H,6-7H2,1-3H3,(H,16,17). The van der Waals surface area contributed by atoms with Crippen LogP contribution < -0.4 is 5.32 Å². The first kappa shape index (κ1) is 14.8. The first-order chi connectivity index (χ1) is 8.30. The van der Waals surface area contributed by atoms with E-state index >= 15 is 0 Å². The lowest BCUT2D eigenvalue weighted by molar-refractivity contribution is -0.137. The highest BCUT2D eigenvalue weighted by Crippen LogP contribution is 2.28. The van der Waals surface area contributed by atoms with Gasteiger partial charge in [-0.2, -0.15) is 13.2 Å². The van der Waals surface area contributed by atoms with Crippen LogP contribution in [0, 0.1) is 0 Å². The minimum absolute atomic E-state index is 0.437. The van der Waals surface area contributed by atoms with Crippen molar-refractivity contribution in [2.45, 2.75) is 26.1 Å². The van der Waals surface area contributed by atoms with E-state index in [9.17, 15) is 13.2 Å². The number of halogens is 3. The van der Waals surface area contributed by atoms with E-state index in [1.54, 1.807) is 0 Å². The fourth-order valence-corrected chi connectivity index (χ4v) is 1.28. The van der Waals surface area contributed by atoms with Gasteiger partial charge in [0, 0.05) is 25.3 Å². The third-order valence-electron chi connectivity index (χ3n) is 2.74. The number of anilines is 1. The largest absolute Gasteiger partial charge is 0.417 e. The molecular weight excluding hydrogens is 243 g/mol. The molecule has 0 bridgehead atoms. The van der Waals surface area contributed by atoms with Crippen molar-refractivity contribution in [2.24, 2.45) is 0 Å². The van der Waals surface area contributed by atoms with Crippen molar-refractivity contribution < 1.29 is 13.2 Å². The Balaban J connectivity index is 2.45. The van der Waals surface area contributed by atoms with Crippen LogP contribution in [0.3, 0.4) is 0 Å². The van der Waals surface area contributed by atoms with E-state index in [0.717, 1.165) is 18.8 Å². The number of hydrogen-bond donors (Lipinski definition) is 1.